The van der Waals surface area contributed by atoms with Crippen LogP contribution in [0.2, 0.25) is 0 Å². The number of rotatable bonds is 4. The lowest BCUT2D eigenvalue weighted by Gasteiger charge is -2.26. The van der Waals surface area contributed by atoms with Crippen molar-refractivity contribution in [2.75, 3.05) is 6.79 Å². The lowest BCUT2D eigenvalue weighted by Crippen LogP contribution is -2.41. The number of carbonyl (C=O) groups excluding carboxylic acids is 1. The number of amides is 1. The number of carbonyl (C=O) groups is 1. The van der Waals surface area contributed by atoms with Crippen LogP contribution < -0.4 is 14.8 Å². The average molecular weight is 329 g/mol. The molecule has 2 aliphatic rings. The molecule has 1 aromatic heterocycles. The first-order valence-electron chi connectivity index (χ1n) is 7.99. The van der Waals surface area contributed by atoms with Crippen molar-refractivity contribution < 1.29 is 14.3 Å². The normalized spacial score (nSPS) is 18.1. The fourth-order valence-electron chi connectivity index (χ4n) is 3.52. The SMILES string of the molecule is O=C(NCc1ccc2c(c1)OCO2)C1(c2cccs2)CCCC1. The molecule has 1 aliphatic carbocycles. The van der Waals surface area contributed by atoms with E-state index < -0.39 is 0 Å². The van der Waals surface area contributed by atoms with Crippen molar-refractivity contribution >= 4 is 17.2 Å². The van der Waals surface area contributed by atoms with Crippen molar-refractivity contribution in [3.63, 3.8) is 0 Å². The van der Waals surface area contributed by atoms with Crippen LogP contribution in [0.15, 0.2) is 35.7 Å². The minimum atomic E-state index is -0.329. The first-order chi connectivity index (χ1) is 11.3. The molecule has 0 unspecified atom stereocenters. The van der Waals surface area contributed by atoms with E-state index >= 15 is 0 Å². The summed E-state index contributed by atoms with van der Waals surface area (Å²) in [5.74, 6) is 1.67. The van der Waals surface area contributed by atoms with Crippen LogP contribution in [-0.4, -0.2) is 12.7 Å². The van der Waals surface area contributed by atoms with Gasteiger partial charge in [-0.2, -0.15) is 0 Å². The Morgan fingerprint density at radius 2 is 2.00 bits per heavy atom. The molecule has 0 radical (unpaired) electrons. The number of nitrogens with one attached hydrogen (secondary N) is 1. The van der Waals surface area contributed by atoms with Gasteiger partial charge in [0, 0.05) is 11.4 Å². The summed E-state index contributed by atoms with van der Waals surface area (Å²) in [5.41, 5.74) is 0.701. The van der Waals surface area contributed by atoms with Crippen molar-refractivity contribution in [3.8, 4) is 11.5 Å². The third-order valence-corrected chi connectivity index (χ3v) is 5.85. The van der Waals surface area contributed by atoms with Crippen LogP contribution in [0, 0.1) is 0 Å². The van der Waals surface area contributed by atoms with E-state index in [1.807, 2.05) is 24.3 Å². The van der Waals surface area contributed by atoms with E-state index in [-0.39, 0.29) is 18.1 Å². The molecule has 23 heavy (non-hydrogen) atoms. The zero-order chi connectivity index (χ0) is 15.7. The van der Waals surface area contributed by atoms with Crippen LogP contribution in [0.5, 0.6) is 11.5 Å². The summed E-state index contributed by atoms with van der Waals surface area (Å²) in [5, 5.41) is 5.19. The number of hydrogen-bond donors (Lipinski definition) is 1. The second-order valence-corrected chi connectivity index (χ2v) is 7.08. The van der Waals surface area contributed by atoms with E-state index in [0.717, 1.165) is 42.7 Å². The number of fused-ring (bicyclic) bond motifs is 1. The Morgan fingerprint density at radius 1 is 1.17 bits per heavy atom. The topological polar surface area (TPSA) is 47.6 Å². The molecule has 4 nitrogen and oxygen atoms in total. The van der Waals surface area contributed by atoms with E-state index in [9.17, 15) is 4.79 Å². The molecule has 5 heteroatoms. The monoisotopic (exact) mass is 329 g/mol. The van der Waals surface area contributed by atoms with Gasteiger partial charge < -0.3 is 14.8 Å². The summed E-state index contributed by atoms with van der Waals surface area (Å²) in [6.07, 6.45) is 4.13. The maximum atomic E-state index is 12.9. The van der Waals surface area contributed by atoms with Crippen molar-refractivity contribution in [3.05, 3.63) is 46.2 Å². The Bertz CT molecular complexity index is 705. The second kappa shape index (κ2) is 5.89. The third-order valence-electron chi connectivity index (χ3n) is 4.77. The van der Waals surface area contributed by atoms with Gasteiger partial charge >= 0.3 is 0 Å². The van der Waals surface area contributed by atoms with Crippen LogP contribution in [0.4, 0.5) is 0 Å². The van der Waals surface area contributed by atoms with Crippen LogP contribution >= 0.6 is 11.3 Å². The second-order valence-electron chi connectivity index (χ2n) is 6.14. The fourth-order valence-corrected chi connectivity index (χ4v) is 4.50. The fraction of sp³-hybridized carbons (Fsp3) is 0.389. The molecule has 1 aromatic carbocycles. The molecule has 1 fully saturated rings. The number of benzene rings is 1. The predicted octanol–water partition coefficient (Wildman–Crippen LogP) is 3.61. The Balaban J connectivity index is 1.49. The first kappa shape index (κ1) is 14.6. The lowest BCUT2D eigenvalue weighted by molar-refractivity contribution is -0.126. The largest absolute Gasteiger partial charge is 0.454 e. The van der Waals surface area contributed by atoms with Gasteiger partial charge in [0.25, 0.3) is 0 Å². The highest BCUT2D eigenvalue weighted by atomic mass is 32.1. The predicted molar refractivity (Wildman–Crippen MR) is 88.9 cm³/mol. The van der Waals surface area contributed by atoms with E-state index in [2.05, 4.69) is 16.8 Å². The number of hydrogen-bond acceptors (Lipinski definition) is 4. The molecule has 0 spiro atoms. The van der Waals surface area contributed by atoms with Crippen molar-refractivity contribution in [1.29, 1.82) is 0 Å². The summed E-state index contributed by atoms with van der Waals surface area (Å²) in [7, 11) is 0. The van der Waals surface area contributed by atoms with Gasteiger partial charge in [0.2, 0.25) is 12.7 Å². The van der Waals surface area contributed by atoms with Gasteiger partial charge in [-0.1, -0.05) is 25.0 Å². The Labute approximate surface area is 139 Å². The maximum absolute atomic E-state index is 12.9. The molecule has 1 saturated carbocycles. The summed E-state index contributed by atoms with van der Waals surface area (Å²) < 4.78 is 10.7. The quantitative estimate of drug-likeness (QED) is 0.932. The van der Waals surface area contributed by atoms with Gasteiger partial charge in [-0.3, -0.25) is 4.79 Å². The molecular weight excluding hydrogens is 310 g/mol. The Morgan fingerprint density at radius 3 is 2.78 bits per heavy atom. The molecule has 0 atom stereocenters. The Hall–Kier alpha value is -2.01. The standard InChI is InChI=1S/C18H19NO3S/c20-17(18(7-1-2-8-18)16-4-3-9-23-16)19-11-13-5-6-14-15(10-13)22-12-21-14/h3-6,9-10H,1-2,7-8,11-12H2,(H,19,20). The molecule has 1 N–H and O–H groups in total. The molecule has 1 aliphatic heterocycles. The summed E-state index contributed by atoms with van der Waals surface area (Å²) in [4.78, 5) is 14.1. The van der Waals surface area contributed by atoms with Crippen LogP contribution in [0.25, 0.3) is 0 Å². The molecule has 4 rings (SSSR count). The highest BCUT2D eigenvalue weighted by molar-refractivity contribution is 7.10. The smallest absolute Gasteiger partial charge is 0.231 e. The van der Waals surface area contributed by atoms with Gasteiger partial charge in [0.1, 0.15) is 0 Å². The average Bonchev–Trinajstić information content (AvgIpc) is 3.32. The third kappa shape index (κ3) is 2.59. The van der Waals surface area contributed by atoms with Gasteiger partial charge in [-0.05, 0) is 42.0 Å². The number of ether oxygens (including phenoxy) is 2. The highest BCUT2D eigenvalue weighted by Crippen LogP contribution is 2.43. The summed E-state index contributed by atoms with van der Waals surface area (Å²) in [6.45, 7) is 0.787. The van der Waals surface area contributed by atoms with Gasteiger partial charge in [0.15, 0.2) is 11.5 Å². The zero-order valence-corrected chi connectivity index (χ0v) is 13.7. The van der Waals surface area contributed by atoms with Crippen molar-refractivity contribution in [2.24, 2.45) is 0 Å². The van der Waals surface area contributed by atoms with Gasteiger partial charge in [-0.25, -0.2) is 0 Å². The zero-order valence-electron chi connectivity index (χ0n) is 12.8. The molecule has 1 amide bonds. The summed E-state index contributed by atoms with van der Waals surface area (Å²) in [6, 6.07) is 9.94. The minimum Gasteiger partial charge on any atom is -0.454 e. The highest BCUT2D eigenvalue weighted by Gasteiger charge is 2.43. The molecule has 2 aromatic rings. The molecular formula is C18H19NO3S. The first-order valence-corrected chi connectivity index (χ1v) is 8.87. The Kier molecular flexibility index (Phi) is 3.73. The van der Waals surface area contributed by atoms with Gasteiger partial charge in [-0.15, -0.1) is 11.3 Å². The molecule has 0 saturated heterocycles. The van der Waals surface area contributed by atoms with Crippen molar-refractivity contribution in [2.45, 2.75) is 37.6 Å². The van der Waals surface area contributed by atoms with E-state index in [0.29, 0.717) is 6.54 Å². The van der Waals surface area contributed by atoms with Crippen LogP contribution in [0.1, 0.15) is 36.1 Å². The van der Waals surface area contributed by atoms with Crippen molar-refractivity contribution in [1.82, 2.24) is 5.32 Å². The van der Waals surface area contributed by atoms with E-state index in [1.165, 1.54) is 4.88 Å². The lowest BCUT2D eigenvalue weighted by atomic mass is 9.83. The molecule has 2 heterocycles. The van der Waals surface area contributed by atoms with E-state index in [4.69, 9.17) is 9.47 Å². The van der Waals surface area contributed by atoms with Crippen LogP contribution in [-0.2, 0) is 16.8 Å². The van der Waals surface area contributed by atoms with Gasteiger partial charge in [0.05, 0.1) is 5.41 Å². The van der Waals surface area contributed by atoms with Crippen LogP contribution in [0.3, 0.4) is 0 Å². The minimum absolute atomic E-state index is 0.148. The number of thiophene rings is 1. The van der Waals surface area contributed by atoms with E-state index in [1.54, 1.807) is 11.3 Å². The summed E-state index contributed by atoms with van der Waals surface area (Å²) >= 11 is 1.69. The molecule has 120 valence electrons. The molecule has 0 bridgehead atoms. The maximum Gasteiger partial charge on any atom is 0.231 e.